The summed E-state index contributed by atoms with van der Waals surface area (Å²) in [4.78, 5) is 28.5. The number of piperazine rings is 1. The van der Waals surface area contributed by atoms with Crippen LogP contribution in [-0.2, 0) is 18.3 Å². The number of aromatic nitrogens is 1. The molecule has 1 aliphatic rings. The SMILES string of the molecule is Cc1ccc(CC(=O)N2CCN(C(=O)c3ccn(C)c3)CC2)cc1. The van der Waals surface area contributed by atoms with E-state index in [-0.39, 0.29) is 11.8 Å². The van der Waals surface area contributed by atoms with Crippen LogP contribution in [0.25, 0.3) is 0 Å². The molecule has 1 aliphatic heterocycles. The molecular weight excluding hydrogens is 302 g/mol. The van der Waals surface area contributed by atoms with Gasteiger partial charge >= 0.3 is 0 Å². The molecule has 0 spiro atoms. The molecule has 0 saturated carbocycles. The Morgan fingerprint density at radius 1 is 0.958 bits per heavy atom. The summed E-state index contributed by atoms with van der Waals surface area (Å²) in [5, 5.41) is 0. The van der Waals surface area contributed by atoms with Crippen LogP contribution in [0, 0.1) is 6.92 Å². The van der Waals surface area contributed by atoms with E-state index in [1.165, 1.54) is 5.56 Å². The highest BCUT2D eigenvalue weighted by atomic mass is 16.2. The van der Waals surface area contributed by atoms with Crippen LogP contribution in [0.2, 0.25) is 0 Å². The predicted molar refractivity (Wildman–Crippen MR) is 92.8 cm³/mol. The van der Waals surface area contributed by atoms with Crippen molar-refractivity contribution in [3.63, 3.8) is 0 Å². The summed E-state index contributed by atoms with van der Waals surface area (Å²) in [7, 11) is 1.90. The minimum atomic E-state index is 0.0428. The minimum Gasteiger partial charge on any atom is -0.356 e. The van der Waals surface area contributed by atoms with Crippen molar-refractivity contribution in [3.8, 4) is 0 Å². The Morgan fingerprint density at radius 3 is 2.17 bits per heavy atom. The third kappa shape index (κ3) is 3.67. The van der Waals surface area contributed by atoms with Crippen LogP contribution in [0.1, 0.15) is 21.5 Å². The van der Waals surface area contributed by atoms with Crippen molar-refractivity contribution in [1.29, 1.82) is 0 Å². The van der Waals surface area contributed by atoms with Gasteiger partial charge in [0.05, 0.1) is 12.0 Å². The van der Waals surface area contributed by atoms with Crippen LogP contribution in [0.5, 0.6) is 0 Å². The van der Waals surface area contributed by atoms with Gasteiger partial charge in [-0.25, -0.2) is 0 Å². The second kappa shape index (κ2) is 6.91. The summed E-state index contributed by atoms with van der Waals surface area (Å²) in [5.74, 6) is 0.173. The zero-order chi connectivity index (χ0) is 17.1. The second-order valence-corrected chi connectivity index (χ2v) is 6.40. The van der Waals surface area contributed by atoms with Crippen molar-refractivity contribution in [3.05, 3.63) is 59.4 Å². The predicted octanol–water partition coefficient (Wildman–Crippen LogP) is 1.86. The Morgan fingerprint density at radius 2 is 1.58 bits per heavy atom. The number of rotatable bonds is 3. The third-order valence-corrected chi connectivity index (χ3v) is 4.47. The van der Waals surface area contributed by atoms with E-state index in [9.17, 15) is 9.59 Å². The van der Waals surface area contributed by atoms with E-state index in [4.69, 9.17) is 0 Å². The Hall–Kier alpha value is -2.56. The molecule has 1 saturated heterocycles. The minimum absolute atomic E-state index is 0.0428. The highest BCUT2D eigenvalue weighted by Gasteiger charge is 2.25. The third-order valence-electron chi connectivity index (χ3n) is 4.47. The van der Waals surface area contributed by atoms with E-state index in [2.05, 4.69) is 0 Å². The largest absolute Gasteiger partial charge is 0.356 e. The number of amides is 2. The highest BCUT2D eigenvalue weighted by Crippen LogP contribution is 2.11. The first-order valence-electron chi connectivity index (χ1n) is 8.27. The molecule has 5 nitrogen and oxygen atoms in total. The number of carbonyl (C=O) groups excluding carboxylic acids is 2. The Balaban J connectivity index is 1.53. The molecule has 126 valence electrons. The van der Waals surface area contributed by atoms with E-state index < -0.39 is 0 Å². The van der Waals surface area contributed by atoms with E-state index in [1.54, 1.807) is 0 Å². The molecule has 0 radical (unpaired) electrons. The smallest absolute Gasteiger partial charge is 0.255 e. The average Bonchev–Trinajstić information content (AvgIpc) is 3.03. The lowest BCUT2D eigenvalue weighted by Gasteiger charge is -2.34. The number of benzene rings is 1. The van der Waals surface area contributed by atoms with Crippen LogP contribution < -0.4 is 0 Å². The lowest BCUT2D eigenvalue weighted by atomic mass is 10.1. The maximum atomic E-state index is 12.4. The van der Waals surface area contributed by atoms with Gasteiger partial charge < -0.3 is 14.4 Å². The van der Waals surface area contributed by atoms with Gasteiger partial charge in [-0.2, -0.15) is 0 Å². The molecule has 1 aromatic carbocycles. The summed E-state index contributed by atoms with van der Waals surface area (Å²) in [6.45, 7) is 4.42. The first-order valence-corrected chi connectivity index (χ1v) is 8.27. The number of nitrogens with zero attached hydrogens (tertiary/aromatic N) is 3. The molecule has 1 aromatic heterocycles. The van der Waals surface area contributed by atoms with E-state index in [0.717, 1.165) is 5.56 Å². The first kappa shape index (κ1) is 16.3. The van der Waals surface area contributed by atoms with E-state index >= 15 is 0 Å². The van der Waals surface area contributed by atoms with Gasteiger partial charge in [0.2, 0.25) is 5.91 Å². The number of hydrogen-bond acceptors (Lipinski definition) is 2. The van der Waals surface area contributed by atoms with E-state index in [0.29, 0.717) is 38.2 Å². The molecule has 0 aliphatic carbocycles. The average molecular weight is 325 g/mol. The van der Waals surface area contributed by atoms with Crippen LogP contribution in [-0.4, -0.2) is 52.4 Å². The molecule has 24 heavy (non-hydrogen) atoms. The van der Waals surface area contributed by atoms with E-state index in [1.807, 2.05) is 71.1 Å². The number of carbonyl (C=O) groups is 2. The molecule has 5 heteroatoms. The summed E-state index contributed by atoms with van der Waals surface area (Å²) < 4.78 is 1.87. The first-order chi connectivity index (χ1) is 11.5. The molecule has 0 bridgehead atoms. The topological polar surface area (TPSA) is 45.6 Å². The van der Waals surface area contributed by atoms with Crippen molar-refractivity contribution in [2.24, 2.45) is 7.05 Å². The maximum absolute atomic E-state index is 12.4. The molecule has 0 unspecified atom stereocenters. The summed E-state index contributed by atoms with van der Waals surface area (Å²) in [5.41, 5.74) is 2.93. The highest BCUT2D eigenvalue weighted by molar-refractivity contribution is 5.94. The van der Waals surface area contributed by atoms with Crippen molar-refractivity contribution in [2.75, 3.05) is 26.2 Å². The summed E-state index contributed by atoms with van der Waals surface area (Å²) in [6.07, 6.45) is 4.12. The fourth-order valence-electron chi connectivity index (χ4n) is 2.96. The van der Waals surface area contributed by atoms with Gasteiger partial charge in [0.15, 0.2) is 0 Å². The van der Waals surface area contributed by atoms with Crippen molar-refractivity contribution in [1.82, 2.24) is 14.4 Å². The maximum Gasteiger partial charge on any atom is 0.255 e. The fourth-order valence-corrected chi connectivity index (χ4v) is 2.96. The van der Waals surface area contributed by atoms with Gasteiger partial charge in [0, 0.05) is 45.6 Å². The van der Waals surface area contributed by atoms with Crippen molar-refractivity contribution < 1.29 is 9.59 Å². The Kier molecular flexibility index (Phi) is 4.69. The lowest BCUT2D eigenvalue weighted by molar-refractivity contribution is -0.131. The molecule has 1 fully saturated rings. The lowest BCUT2D eigenvalue weighted by Crippen LogP contribution is -2.50. The van der Waals surface area contributed by atoms with Gasteiger partial charge in [0.1, 0.15) is 0 Å². The molecule has 2 aromatic rings. The van der Waals surface area contributed by atoms with Crippen molar-refractivity contribution in [2.45, 2.75) is 13.3 Å². The molecular formula is C19H23N3O2. The molecule has 0 atom stereocenters. The van der Waals surface area contributed by atoms with Crippen molar-refractivity contribution >= 4 is 11.8 Å². The van der Waals surface area contributed by atoms with Crippen LogP contribution in [0.4, 0.5) is 0 Å². The summed E-state index contributed by atoms with van der Waals surface area (Å²) in [6, 6.07) is 9.89. The molecule has 3 rings (SSSR count). The Bertz CT molecular complexity index is 725. The monoisotopic (exact) mass is 325 g/mol. The van der Waals surface area contributed by atoms with Gasteiger partial charge in [-0.1, -0.05) is 29.8 Å². The fraction of sp³-hybridized carbons (Fsp3) is 0.368. The number of aryl methyl sites for hydroxylation is 2. The van der Waals surface area contributed by atoms with Gasteiger partial charge in [-0.3, -0.25) is 9.59 Å². The zero-order valence-electron chi connectivity index (χ0n) is 14.2. The Labute approximate surface area is 142 Å². The standard InChI is InChI=1S/C19H23N3O2/c1-15-3-5-16(6-4-15)13-18(23)21-9-11-22(12-10-21)19(24)17-7-8-20(2)14-17/h3-8,14H,9-13H2,1-2H3. The normalized spacial score (nSPS) is 14.8. The van der Waals surface area contributed by atoms with Crippen LogP contribution >= 0.6 is 0 Å². The zero-order valence-corrected chi connectivity index (χ0v) is 14.2. The van der Waals surface area contributed by atoms with Gasteiger partial charge in [-0.05, 0) is 18.6 Å². The second-order valence-electron chi connectivity index (χ2n) is 6.40. The molecule has 2 heterocycles. The molecule has 2 amide bonds. The quantitative estimate of drug-likeness (QED) is 0.865. The summed E-state index contributed by atoms with van der Waals surface area (Å²) >= 11 is 0. The number of hydrogen-bond donors (Lipinski definition) is 0. The molecule has 0 N–H and O–H groups in total. The van der Waals surface area contributed by atoms with Gasteiger partial charge in [-0.15, -0.1) is 0 Å². The van der Waals surface area contributed by atoms with Crippen LogP contribution in [0.15, 0.2) is 42.7 Å². The van der Waals surface area contributed by atoms with Crippen LogP contribution in [0.3, 0.4) is 0 Å². The van der Waals surface area contributed by atoms with Gasteiger partial charge in [0.25, 0.3) is 5.91 Å².